The van der Waals surface area contributed by atoms with Crippen LogP contribution in [-0.4, -0.2) is 20.6 Å². The lowest BCUT2D eigenvalue weighted by atomic mass is 10.4. The molecule has 0 saturated heterocycles. The molecule has 1 aromatic heterocycles. The van der Waals surface area contributed by atoms with E-state index in [2.05, 4.69) is 11.6 Å². The predicted molar refractivity (Wildman–Crippen MR) is 48.9 cm³/mol. The van der Waals surface area contributed by atoms with Gasteiger partial charge < -0.3 is 9.67 Å². The number of halogens is 1. The molecular formula is C8H9ClN2O2. The fraction of sp³-hybridized carbons (Fsp3) is 0.250. The number of imidazole rings is 1. The first kappa shape index (κ1) is 9.80. The van der Waals surface area contributed by atoms with Gasteiger partial charge in [-0.25, -0.2) is 9.78 Å². The number of hydrogen-bond acceptors (Lipinski definition) is 2. The zero-order valence-corrected chi connectivity index (χ0v) is 7.88. The Kier molecular flexibility index (Phi) is 2.72. The summed E-state index contributed by atoms with van der Waals surface area (Å²) in [7, 11) is 0. The zero-order valence-electron chi connectivity index (χ0n) is 7.12. The summed E-state index contributed by atoms with van der Waals surface area (Å²) in [4.78, 5) is 14.6. The summed E-state index contributed by atoms with van der Waals surface area (Å²) in [5, 5.41) is 9.14. The summed E-state index contributed by atoms with van der Waals surface area (Å²) in [6.45, 7) is 5.48. The van der Waals surface area contributed by atoms with E-state index in [1.54, 1.807) is 6.92 Å². The fourth-order valence-corrected chi connectivity index (χ4v) is 1.13. The number of hydrogen-bond donors (Lipinski definition) is 1. The Hall–Kier alpha value is -1.29. The summed E-state index contributed by atoms with van der Waals surface area (Å²) in [5.74, 6) is -0.405. The van der Waals surface area contributed by atoms with Crippen molar-refractivity contribution in [2.75, 3.05) is 0 Å². The van der Waals surface area contributed by atoms with Crippen molar-refractivity contribution in [3.63, 3.8) is 0 Å². The first-order valence-corrected chi connectivity index (χ1v) is 3.99. The number of carboxylic acids is 1. The highest BCUT2D eigenvalue weighted by atomic mass is 35.5. The van der Waals surface area contributed by atoms with E-state index in [-0.39, 0.29) is 12.2 Å². The summed E-state index contributed by atoms with van der Waals surface area (Å²) in [6.07, 6.45) is 1.30. The molecule has 0 unspecified atom stereocenters. The molecule has 0 aromatic carbocycles. The first-order chi connectivity index (χ1) is 6.02. The minimum absolute atomic E-state index is 0.124. The van der Waals surface area contributed by atoms with Crippen molar-refractivity contribution >= 4 is 17.6 Å². The van der Waals surface area contributed by atoms with E-state index in [1.165, 1.54) is 10.8 Å². The lowest BCUT2D eigenvalue weighted by Crippen LogP contribution is -2.09. The Morgan fingerprint density at radius 2 is 2.46 bits per heavy atom. The maximum absolute atomic E-state index is 10.7. The van der Waals surface area contributed by atoms with Crippen molar-refractivity contribution in [2.24, 2.45) is 0 Å². The van der Waals surface area contributed by atoms with Crippen LogP contribution in [-0.2, 0) is 6.54 Å². The zero-order chi connectivity index (χ0) is 10.0. The van der Waals surface area contributed by atoms with E-state index >= 15 is 0 Å². The second kappa shape index (κ2) is 3.62. The van der Waals surface area contributed by atoms with Crippen molar-refractivity contribution in [2.45, 2.75) is 13.5 Å². The number of carbonyl (C=O) groups is 1. The largest absolute Gasteiger partial charge is 0.477 e. The van der Waals surface area contributed by atoms with Crippen LogP contribution < -0.4 is 0 Å². The van der Waals surface area contributed by atoms with Crippen LogP contribution in [0.2, 0.25) is 0 Å². The topological polar surface area (TPSA) is 55.1 Å². The van der Waals surface area contributed by atoms with Gasteiger partial charge in [-0.1, -0.05) is 18.2 Å². The third-order valence-electron chi connectivity index (χ3n) is 1.60. The van der Waals surface area contributed by atoms with Gasteiger partial charge in [-0.05, 0) is 6.92 Å². The van der Waals surface area contributed by atoms with Gasteiger partial charge in [0, 0.05) is 5.03 Å². The van der Waals surface area contributed by atoms with Crippen molar-refractivity contribution < 1.29 is 9.90 Å². The minimum atomic E-state index is -1.02. The van der Waals surface area contributed by atoms with Gasteiger partial charge >= 0.3 is 5.97 Å². The van der Waals surface area contributed by atoms with Gasteiger partial charge in [0.1, 0.15) is 11.5 Å². The summed E-state index contributed by atoms with van der Waals surface area (Å²) >= 11 is 5.58. The van der Waals surface area contributed by atoms with Crippen molar-refractivity contribution in [1.82, 2.24) is 9.55 Å². The summed E-state index contributed by atoms with van der Waals surface area (Å²) < 4.78 is 1.50. The molecule has 0 bridgehead atoms. The van der Waals surface area contributed by atoms with Crippen molar-refractivity contribution in [3.05, 3.63) is 29.3 Å². The number of rotatable bonds is 3. The Morgan fingerprint density at radius 1 is 1.85 bits per heavy atom. The monoisotopic (exact) mass is 200 g/mol. The molecule has 0 aliphatic carbocycles. The Bertz CT molecular complexity index is 357. The molecule has 13 heavy (non-hydrogen) atoms. The normalized spacial score (nSPS) is 10.0. The Labute approximate surface area is 80.5 Å². The van der Waals surface area contributed by atoms with Crippen LogP contribution in [0.4, 0.5) is 0 Å². The molecule has 0 spiro atoms. The number of aromatic nitrogens is 2. The van der Waals surface area contributed by atoms with E-state index in [9.17, 15) is 4.79 Å². The van der Waals surface area contributed by atoms with E-state index in [0.717, 1.165) is 0 Å². The second-order valence-electron chi connectivity index (χ2n) is 2.60. The molecule has 0 atom stereocenters. The predicted octanol–water partition coefficient (Wildman–Crippen LogP) is 1.64. The number of nitrogens with zero attached hydrogens (tertiary/aromatic N) is 2. The van der Waals surface area contributed by atoms with Gasteiger partial charge in [0.15, 0.2) is 0 Å². The summed E-state index contributed by atoms with van der Waals surface area (Å²) in [5.41, 5.74) is 0.124. The highest BCUT2D eigenvalue weighted by molar-refractivity contribution is 6.29. The molecule has 0 amide bonds. The molecule has 0 saturated carbocycles. The number of carboxylic acid groups (broad SMARTS) is 1. The van der Waals surface area contributed by atoms with Gasteiger partial charge in [-0.2, -0.15) is 0 Å². The van der Waals surface area contributed by atoms with E-state index in [4.69, 9.17) is 16.7 Å². The molecule has 5 heteroatoms. The maximum atomic E-state index is 10.7. The molecular weight excluding hydrogens is 192 g/mol. The molecule has 1 heterocycles. The number of aromatic carboxylic acids is 1. The minimum Gasteiger partial charge on any atom is -0.477 e. The lowest BCUT2D eigenvalue weighted by Gasteiger charge is -2.05. The van der Waals surface area contributed by atoms with Gasteiger partial charge in [-0.3, -0.25) is 0 Å². The van der Waals surface area contributed by atoms with Gasteiger partial charge in [-0.15, -0.1) is 0 Å². The molecule has 1 N–H and O–H groups in total. The summed E-state index contributed by atoms with van der Waals surface area (Å²) in [6, 6.07) is 0. The second-order valence-corrected chi connectivity index (χ2v) is 3.13. The Morgan fingerprint density at radius 3 is 2.92 bits per heavy atom. The lowest BCUT2D eigenvalue weighted by molar-refractivity contribution is 0.0685. The smallest absolute Gasteiger partial charge is 0.354 e. The van der Waals surface area contributed by atoms with Crippen LogP contribution in [0.3, 0.4) is 0 Å². The third kappa shape index (κ3) is 2.09. The fourth-order valence-electron chi connectivity index (χ4n) is 1.01. The van der Waals surface area contributed by atoms with Gasteiger partial charge in [0.2, 0.25) is 0 Å². The number of allylic oxidation sites excluding steroid dienone is 1. The van der Waals surface area contributed by atoms with E-state index in [0.29, 0.717) is 10.9 Å². The van der Waals surface area contributed by atoms with Crippen LogP contribution in [0.5, 0.6) is 0 Å². The highest BCUT2D eigenvalue weighted by Crippen LogP contribution is 2.09. The molecule has 1 rings (SSSR count). The van der Waals surface area contributed by atoms with Gasteiger partial charge in [0.05, 0.1) is 12.7 Å². The average Bonchev–Trinajstić information content (AvgIpc) is 2.32. The van der Waals surface area contributed by atoms with Crippen LogP contribution in [0.1, 0.15) is 16.3 Å². The molecule has 0 fully saturated rings. The van der Waals surface area contributed by atoms with Crippen molar-refractivity contribution in [3.8, 4) is 0 Å². The van der Waals surface area contributed by atoms with Crippen molar-refractivity contribution in [1.29, 1.82) is 0 Å². The van der Waals surface area contributed by atoms with Crippen LogP contribution in [0, 0.1) is 6.92 Å². The molecule has 4 nitrogen and oxygen atoms in total. The standard InChI is InChI=1S/C8H9ClN2O2/c1-5(9)4-11-6(2)10-3-7(11)8(12)13/h3H,1,4H2,2H3,(H,12,13). The number of aryl methyl sites for hydroxylation is 1. The Balaban J connectivity index is 3.08. The van der Waals surface area contributed by atoms with Crippen LogP contribution >= 0.6 is 11.6 Å². The average molecular weight is 201 g/mol. The molecule has 0 radical (unpaired) electrons. The van der Waals surface area contributed by atoms with Gasteiger partial charge in [0.25, 0.3) is 0 Å². The quantitative estimate of drug-likeness (QED) is 0.807. The maximum Gasteiger partial charge on any atom is 0.354 e. The highest BCUT2D eigenvalue weighted by Gasteiger charge is 2.12. The van der Waals surface area contributed by atoms with E-state index in [1.807, 2.05) is 0 Å². The molecule has 70 valence electrons. The van der Waals surface area contributed by atoms with Crippen LogP contribution in [0.25, 0.3) is 0 Å². The molecule has 0 aliphatic heterocycles. The first-order valence-electron chi connectivity index (χ1n) is 3.61. The molecule has 1 aromatic rings. The SMILES string of the molecule is C=C(Cl)Cn1c(C(=O)O)cnc1C. The van der Waals surface area contributed by atoms with Crippen LogP contribution in [0.15, 0.2) is 17.8 Å². The third-order valence-corrected chi connectivity index (χ3v) is 1.72. The molecule has 0 aliphatic rings. The van der Waals surface area contributed by atoms with E-state index < -0.39 is 5.97 Å².